The minimum Gasteiger partial charge on any atom is -0.451 e. The van der Waals surface area contributed by atoms with E-state index >= 15 is 0 Å². The van der Waals surface area contributed by atoms with Crippen LogP contribution in [0.15, 0.2) is 71.1 Å². The molecule has 2 aromatic carbocycles. The predicted molar refractivity (Wildman–Crippen MR) is 99.3 cm³/mol. The molecule has 0 fully saturated rings. The van der Waals surface area contributed by atoms with E-state index in [-0.39, 0.29) is 23.5 Å². The van der Waals surface area contributed by atoms with Crippen LogP contribution in [0, 0.1) is 5.82 Å². The van der Waals surface area contributed by atoms with Crippen molar-refractivity contribution in [3.8, 4) is 11.3 Å². The third kappa shape index (κ3) is 4.18. The van der Waals surface area contributed by atoms with E-state index in [1.54, 1.807) is 30.3 Å². The molecule has 1 atom stereocenters. The Morgan fingerprint density at radius 1 is 1.04 bits per heavy atom. The van der Waals surface area contributed by atoms with Gasteiger partial charge in [0, 0.05) is 6.54 Å². The summed E-state index contributed by atoms with van der Waals surface area (Å²) in [5, 5.41) is 2.99. The van der Waals surface area contributed by atoms with Crippen LogP contribution in [0.2, 0.25) is 0 Å². The number of rotatable bonds is 6. The van der Waals surface area contributed by atoms with E-state index < -0.39 is 0 Å². The molecule has 0 bridgehead atoms. The van der Waals surface area contributed by atoms with Crippen molar-refractivity contribution in [2.24, 2.45) is 0 Å². The summed E-state index contributed by atoms with van der Waals surface area (Å²) in [4.78, 5) is 14.6. The maximum Gasteiger partial charge on any atom is 0.287 e. The topological polar surface area (TPSA) is 45.5 Å². The van der Waals surface area contributed by atoms with E-state index in [1.807, 2.05) is 49.3 Å². The normalized spacial score (nSPS) is 12.2. The molecule has 1 heterocycles. The standard InChI is InChI=1S/C21H21FN2O2/c1-24(2)14-18(15-8-4-3-5-9-15)23-21(25)20-13-12-19(26-20)16-10-6-7-11-17(16)22/h3-13,18H,14H2,1-2H3,(H,23,25)/t18-/m0/s1. The van der Waals surface area contributed by atoms with Crippen molar-refractivity contribution in [2.45, 2.75) is 6.04 Å². The van der Waals surface area contributed by atoms with Gasteiger partial charge in [-0.15, -0.1) is 0 Å². The number of likely N-dealkylation sites (N-methyl/N-ethyl adjacent to an activating group) is 1. The molecular formula is C21H21FN2O2. The maximum absolute atomic E-state index is 13.9. The van der Waals surface area contributed by atoms with E-state index in [0.29, 0.717) is 17.9 Å². The molecule has 0 saturated carbocycles. The molecular weight excluding hydrogens is 331 g/mol. The Kier molecular flexibility index (Phi) is 5.49. The minimum atomic E-state index is -0.386. The van der Waals surface area contributed by atoms with E-state index in [2.05, 4.69) is 5.32 Å². The van der Waals surface area contributed by atoms with Crippen molar-refractivity contribution < 1.29 is 13.6 Å². The first-order valence-corrected chi connectivity index (χ1v) is 8.40. The largest absolute Gasteiger partial charge is 0.451 e. The summed E-state index contributed by atoms with van der Waals surface area (Å²) in [5.74, 6) is -0.230. The fraction of sp³-hybridized carbons (Fsp3) is 0.190. The predicted octanol–water partition coefficient (Wildman–Crippen LogP) is 4.12. The summed E-state index contributed by atoms with van der Waals surface area (Å²) in [6, 6.07) is 19.1. The number of halogens is 1. The first kappa shape index (κ1) is 17.9. The van der Waals surface area contributed by atoms with Crippen molar-refractivity contribution in [2.75, 3.05) is 20.6 Å². The molecule has 0 unspecified atom stereocenters. The van der Waals surface area contributed by atoms with E-state index in [9.17, 15) is 9.18 Å². The second-order valence-corrected chi connectivity index (χ2v) is 6.34. The lowest BCUT2D eigenvalue weighted by Crippen LogP contribution is -2.35. The van der Waals surface area contributed by atoms with Crippen LogP contribution in [0.4, 0.5) is 4.39 Å². The van der Waals surface area contributed by atoms with Crippen molar-refractivity contribution >= 4 is 5.91 Å². The number of amides is 1. The number of nitrogens with one attached hydrogen (secondary N) is 1. The molecule has 0 spiro atoms. The molecule has 0 saturated heterocycles. The Bertz CT molecular complexity index is 874. The Morgan fingerprint density at radius 2 is 1.73 bits per heavy atom. The third-order valence-electron chi connectivity index (χ3n) is 4.02. The van der Waals surface area contributed by atoms with Gasteiger partial charge in [0.2, 0.25) is 0 Å². The number of hydrogen-bond donors (Lipinski definition) is 1. The summed E-state index contributed by atoms with van der Waals surface area (Å²) < 4.78 is 19.5. The lowest BCUT2D eigenvalue weighted by molar-refractivity contribution is 0.0902. The highest BCUT2D eigenvalue weighted by Crippen LogP contribution is 2.25. The highest BCUT2D eigenvalue weighted by atomic mass is 19.1. The number of furan rings is 1. The van der Waals surface area contributed by atoms with Gasteiger partial charge in [0.25, 0.3) is 5.91 Å². The van der Waals surface area contributed by atoms with E-state index in [1.165, 1.54) is 6.07 Å². The zero-order valence-corrected chi connectivity index (χ0v) is 14.8. The Balaban J connectivity index is 1.79. The Morgan fingerprint density at radius 3 is 2.42 bits per heavy atom. The Hall–Kier alpha value is -2.92. The van der Waals surface area contributed by atoms with Gasteiger partial charge in [0.05, 0.1) is 11.6 Å². The van der Waals surface area contributed by atoms with Crippen LogP contribution in [0.3, 0.4) is 0 Å². The van der Waals surface area contributed by atoms with Gasteiger partial charge < -0.3 is 14.6 Å². The molecule has 0 aliphatic rings. The van der Waals surface area contributed by atoms with Crippen LogP contribution in [0.5, 0.6) is 0 Å². The lowest BCUT2D eigenvalue weighted by Gasteiger charge is -2.22. The van der Waals surface area contributed by atoms with Crippen molar-refractivity contribution in [1.82, 2.24) is 10.2 Å². The summed E-state index contributed by atoms with van der Waals surface area (Å²) in [6.07, 6.45) is 0. The van der Waals surface area contributed by atoms with Gasteiger partial charge in [0.1, 0.15) is 11.6 Å². The van der Waals surface area contributed by atoms with E-state index in [0.717, 1.165) is 5.56 Å². The van der Waals surface area contributed by atoms with E-state index in [4.69, 9.17) is 4.42 Å². The average molecular weight is 352 g/mol. The second-order valence-electron chi connectivity index (χ2n) is 6.34. The SMILES string of the molecule is CN(C)C[C@H](NC(=O)c1ccc(-c2ccccc2F)o1)c1ccccc1. The van der Waals surface area contributed by atoms with Crippen LogP contribution in [-0.2, 0) is 0 Å². The summed E-state index contributed by atoms with van der Waals surface area (Å²) in [5.41, 5.74) is 1.34. The summed E-state index contributed by atoms with van der Waals surface area (Å²) in [6.45, 7) is 0.649. The molecule has 3 rings (SSSR count). The van der Waals surface area contributed by atoms with Gasteiger partial charge in [-0.3, -0.25) is 4.79 Å². The Labute approximate surface area is 152 Å². The molecule has 134 valence electrons. The fourth-order valence-corrected chi connectivity index (χ4v) is 2.78. The van der Waals surface area contributed by atoms with Crippen molar-refractivity contribution in [3.05, 3.63) is 83.9 Å². The average Bonchev–Trinajstić information content (AvgIpc) is 3.12. The molecule has 5 heteroatoms. The van der Waals surface area contributed by atoms with Crippen LogP contribution in [-0.4, -0.2) is 31.4 Å². The maximum atomic E-state index is 13.9. The third-order valence-corrected chi connectivity index (χ3v) is 4.02. The van der Waals surface area contributed by atoms with Gasteiger partial charge in [-0.05, 0) is 43.9 Å². The fourth-order valence-electron chi connectivity index (χ4n) is 2.78. The van der Waals surface area contributed by atoms with Gasteiger partial charge in [-0.2, -0.15) is 0 Å². The van der Waals surface area contributed by atoms with Crippen molar-refractivity contribution in [1.29, 1.82) is 0 Å². The quantitative estimate of drug-likeness (QED) is 0.726. The van der Waals surface area contributed by atoms with Crippen LogP contribution < -0.4 is 5.32 Å². The first-order valence-electron chi connectivity index (χ1n) is 8.40. The van der Waals surface area contributed by atoms with Gasteiger partial charge in [0.15, 0.2) is 5.76 Å². The summed E-state index contributed by atoms with van der Waals surface area (Å²) in [7, 11) is 3.90. The highest BCUT2D eigenvalue weighted by Gasteiger charge is 2.19. The number of nitrogens with zero attached hydrogens (tertiary/aromatic N) is 1. The highest BCUT2D eigenvalue weighted by molar-refractivity contribution is 5.92. The first-order chi connectivity index (χ1) is 12.5. The molecule has 3 aromatic rings. The second kappa shape index (κ2) is 7.97. The molecule has 0 aliphatic heterocycles. The van der Waals surface area contributed by atoms with Gasteiger partial charge in [-0.1, -0.05) is 42.5 Å². The smallest absolute Gasteiger partial charge is 0.287 e. The summed E-state index contributed by atoms with van der Waals surface area (Å²) >= 11 is 0. The monoisotopic (exact) mass is 352 g/mol. The zero-order valence-electron chi connectivity index (χ0n) is 14.8. The lowest BCUT2D eigenvalue weighted by atomic mass is 10.1. The molecule has 0 aliphatic carbocycles. The molecule has 0 radical (unpaired) electrons. The number of carbonyl (C=O) groups excluding carboxylic acids is 1. The number of hydrogen-bond acceptors (Lipinski definition) is 3. The zero-order chi connectivity index (χ0) is 18.5. The van der Waals surface area contributed by atoms with Crippen LogP contribution in [0.25, 0.3) is 11.3 Å². The van der Waals surface area contributed by atoms with Crippen molar-refractivity contribution in [3.63, 3.8) is 0 Å². The van der Waals surface area contributed by atoms with Crippen LogP contribution in [0.1, 0.15) is 22.2 Å². The van der Waals surface area contributed by atoms with Gasteiger partial charge in [-0.25, -0.2) is 4.39 Å². The molecule has 1 N–H and O–H groups in total. The molecule has 1 amide bonds. The molecule has 1 aromatic heterocycles. The van der Waals surface area contributed by atoms with Gasteiger partial charge >= 0.3 is 0 Å². The molecule has 26 heavy (non-hydrogen) atoms. The molecule has 4 nitrogen and oxygen atoms in total. The minimum absolute atomic E-state index is 0.156. The number of benzene rings is 2. The van der Waals surface area contributed by atoms with Crippen LogP contribution >= 0.6 is 0 Å². The number of carbonyl (C=O) groups is 1.